The van der Waals surface area contributed by atoms with Gasteiger partial charge in [0.25, 0.3) is 0 Å². The molecule has 1 amide bonds. The first-order valence-electron chi connectivity index (χ1n) is 8.87. The van der Waals surface area contributed by atoms with Crippen LogP contribution in [0.2, 0.25) is 5.02 Å². The minimum absolute atomic E-state index is 0.0162. The molecule has 2 aromatic rings. The maximum atomic E-state index is 13.1. The highest BCUT2D eigenvalue weighted by Crippen LogP contribution is 2.25. The van der Waals surface area contributed by atoms with Gasteiger partial charge in [-0.1, -0.05) is 17.7 Å². The molecule has 1 saturated heterocycles. The van der Waals surface area contributed by atoms with Gasteiger partial charge in [0.2, 0.25) is 5.91 Å². The third-order valence-corrected chi connectivity index (χ3v) is 5.06. The van der Waals surface area contributed by atoms with Crippen LogP contribution < -0.4 is 15.0 Å². The van der Waals surface area contributed by atoms with Crippen LogP contribution in [0.3, 0.4) is 0 Å². The Hall–Kier alpha value is -2.41. The van der Waals surface area contributed by atoms with Crippen LogP contribution in [0.5, 0.6) is 6.01 Å². The molecule has 0 aliphatic carbocycles. The zero-order valence-electron chi connectivity index (χ0n) is 15.1. The molecule has 1 aromatic heterocycles. The summed E-state index contributed by atoms with van der Waals surface area (Å²) >= 11 is 5.98. The predicted molar refractivity (Wildman–Crippen MR) is 101 cm³/mol. The molecule has 0 spiro atoms. The molecule has 3 rings (SSSR count). The number of nitrogens with zero attached hydrogens (tertiary/aromatic N) is 3. The Morgan fingerprint density at radius 3 is 2.85 bits per heavy atom. The van der Waals surface area contributed by atoms with Crippen molar-refractivity contribution < 1.29 is 13.9 Å². The molecule has 1 aliphatic heterocycles. The van der Waals surface area contributed by atoms with Crippen LogP contribution in [-0.2, 0) is 11.3 Å². The van der Waals surface area contributed by atoms with Crippen molar-refractivity contribution in [2.45, 2.75) is 25.8 Å². The second-order valence-corrected chi connectivity index (χ2v) is 6.96. The highest BCUT2D eigenvalue weighted by atomic mass is 35.5. The Morgan fingerprint density at radius 2 is 2.15 bits per heavy atom. The average Bonchev–Trinajstić information content (AvgIpc) is 2.68. The number of halogens is 2. The number of nitrogens with one attached hydrogen (secondary N) is 1. The number of ether oxygens (including phenoxy) is 1. The molecule has 0 atom stereocenters. The molecule has 8 heteroatoms. The third-order valence-electron chi connectivity index (χ3n) is 4.71. The first-order valence-corrected chi connectivity index (χ1v) is 9.25. The van der Waals surface area contributed by atoms with E-state index in [1.165, 1.54) is 12.1 Å². The number of hydrogen-bond acceptors (Lipinski definition) is 5. The summed E-state index contributed by atoms with van der Waals surface area (Å²) < 4.78 is 18.1. The second kappa shape index (κ2) is 8.99. The van der Waals surface area contributed by atoms with E-state index in [0.717, 1.165) is 31.7 Å². The summed E-state index contributed by atoms with van der Waals surface area (Å²) in [5.74, 6) is 0.769. The summed E-state index contributed by atoms with van der Waals surface area (Å²) in [5.41, 5.74) is 0.707. The van der Waals surface area contributed by atoms with Gasteiger partial charge in [0.15, 0.2) is 0 Å². The number of carbonyl (C=O) groups is 1. The molecule has 1 N–H and O–H groups in total. The van der Waals surface area contributed by atoms with E-state index in [-0.39, 0.29) is 11.7 Å². The molecule has 1 aromatic carbocycles. The Labute approximate surface area is 162 Å². The maximum absolute atomic E-state index is 13.1. The van der Waals surface area contributed by atoms with Crippen LogP contribution >= 0.6 is 11.6 Å². The Morgan fingerprint density at radius 1 is 1.37 bits per heavy atom. The lowest BCUT2D eigenvalue weighted by Crippen LogP contribution is -2.36. The van der Waals surface area contributed by atoms with Gasteiger partial charge in [-0.2, -0.15) is 4.98 Å². The van der Waals surface area contributed by atoms with Crippen LogP contribution in [0.1, 0.15) is 24.8 Å². The van der Waals surface area contributed by atoms with Gasteiger partial charge < -0.3 is 15.0 Å². The molecule has 27 heavy (non-hydrogen) atoms. The molecular formula is C19H22ClFN4O2. The smallest absolute Gasteiger partial charge is 0.318 e. The minimum atomic E-state index is -0.386. The summed E-state index contributed by atoms with van der Waals surface area (Å²) in [4.78, 5) is 22.8. The van der Waals surface area contributed by atoms with E-state index < -0.39 is 0 Å². The SMILES string of the molecule is COc1nccc(N2CCC(CC(=O)NCc3ccc(F)cc3Cl)CC2)n1. The Balaban J connectivity index is 1.45. The third kappa shape index (κ3) is 5.29. The lowest BCUT2D eigenvalue weighted by atomic mass is 9.93. The zero-order valence-corrected chi connectivity index (χ0v) is 15.9. The van der Waals surface area contributed by atoms with Crippen molar-refractivity contribution in [2.24, 2.45) is 5.92 Å². The standard InChI is InChI=1S/C19H22ClFN4O2/c1-27-19-22-7-4-17(24-19)25-8-5-13(6-9-25)10-18(26)23-12-14-2-3-15(21)11-16(14)20/h2-4,7,11,13H,5-6,8-10,12H2,1H3,(H,23,26). The van der Waals surface area contributed by atoms with Crippen LogP contribution in [0, 0.1) is 11.7 Å². The zero-order chi connectivity index (χ0) is 19.2. The summed E-state index contributed by atoms with van der Waals surface area (Å²) in [6, 6.07) is 6.40. The van der Waals surface area contributed by atoms with Crippen molar-refractivity contribution >= 4 is 23.3 Å². The lowest BCUT2D eigenvalue weighted by molar-refractivity contribution is -0.122. The van der Waals surface area contributed by atoms with Crippen molar-refractivity contribution in [2.75, 3.05) is 25.1 Å². The molecular weight excluding hydrogens is 371 g/mol. The topological polar surface area (TPSA) is 67.3 Å². The van der Waals surface area contributed by atoms with E-state index in [1.807, 2.05) is 6.07 Å². The molecule has 2 heterocycles. The number of carbonyl (C=O) groups excluding carboxylic acids is 1. The van der Waals surface area contributed by atoms with E-state index >= 15 is 0 Å². The summed E-state index contributed by atoms with van der Waals surface area (Å²) in [6.07, 6.45) is 3.98. The highest BCUT2D eigenvalue weighted by molar-refractivity contribution is 6.31. The molecule has 0 bridgehead atoms. The van der Waals surface area contributed by atoms with Gasteiger partial charge in [-0.15, -0.1) is 0 Å². The van der Waals surface area contributed by atoms with Crippen molar-refractivity contribution in [3.63, 3.8) is 0 Å². The van der Waals surface area contributed by atoms with Gasteiger partial charge >= 0.3 is 6.01 Å². The Kier molecular flexibility index (Phi) is 6.45. The normalized spacial score (nSPS) is 14.9. The number of anilines is 1. The van der Waals surface area contributed by atoms with Gasteiger partial charge in [-0.25, -0.2) is 9.37 Å². The van der Waals surface area contributed by atoms with Gasteiger partial charge in [0.05, 0.1) is 7.11 Å². The monoisotopic (exact) mass is 392 g/mol. The van der Waals surface area contributed by atoms with Crippen LogP contribution in [-0.4, -0.2) is 36.1 Å². The van der Waals surface area contributed by atoms with E-state index in [1.54, 1.807) is 19.4 Å². The number of benzene rings is 1. The van der Waals surface area contributed by atoms with E-state index in [4.69, 9.17) is 16.3 Å². The van der Waals surface area contributed by atoms with Crippen molar-refractivity contribution in [1.82, 2.24) is 15.3 Å². The van der Waals surface area contributed by atoms with Gasteiger partial charge in [-0.3, -0.25) is 4.79 Å². The lowest BCUT2D eigenvalue weighted by Gasteiger charge is -2.32. The summed E-state index contributed by atoms with van der Waals surface area (Å²) in [5, 5.41) is 3.19. The average molecular weight is 393 g/mol. The van der Waals surface area contributed by atoms with Crippen molar-refractivity contribution in [1.29, 1.82) is 0 Å². The number of piperidine rings is 1. The molecule has 0 radical (unpaired) electrons. The first kappa shape index (κ1) is 19.4. The van der Waals surface area contributed by atoms with Crippen molar-refractivity contribution in [3.05, 3.63) is 46.9 Å². The van der Waals surface area contributed by atoms with Crippen LogP contribution in [0.25, 0.3) is 0 Å². The highest BCUT2D eigenvalue weighted by Gasteiger charge is 2.22. The van der Waals surface area contributed by atoms with Gasteiger partial charge in [0, 0.05) is 37.3 Å². The fourth-order valence-corrected chi connectivity index (χ4v) is 3.40. The van der Waals surface area contributed by atoms with E-state index in [0.29, 0.717) is 35.5 Å². The number of hydrogen-bond donors (Lipinski definition) is 1. The molecule has 6 nitrogen and oxygen atoms in total. The van der Waals surface area contributed by atoms with Crippen molar-refractivity contribution in [3.8, 4) is 6.01 Å². The quantitative estimate of drug-likeness (QED) is 0.817. The molecule has 0 unspecified atom stereocenters. The molecule has 1 fully saturated rings. The first-order chi connectivity index (χ1) is 13.0. The molecule has 144 valence electrons. The predicted octanol–water partition coefficient (Wildman–Crippen LogP) is 3.20. The Bertz CT molecular complexity index is 797. The van der Waals surface area contributed by atoms with Crippen LogP contribution in [0.4, 0.5) is 10.2 Å². The summed E-state index contributed by atoms with van der Waals surface area (Å²) in [7, 11) is 1.54. The second-order valence-electron chi connectivity index (χ2n) is 6.55. The van der Waals surface area contributed by atoms with Gasteiger partial charge in [-0.05, 0) is 42.5 Å². The number of rotatable bonds is 6. The largest absolute Gasteiger partial charge is 0.467 e. The number of amides is 1. The van der Waals surface area contributed by atoms with Crippen LogP contribution in [0.15, 0.2) is 30.5 Å². The van der Waals surface area contributed by atoms with E-state index in [9.17, 15) is 9.18 Å². The minimum Gasteiger partial charge on any atom is -0.467 e. The number of aromatic nitrogens is 2. The summed E-state index contributed by atoms with van der Waals surface area (Å²) in [6.45, 7) is 1.97. The maximum Gasteiger partial charge on any atom is 0.318 e. The number of methoxy groups -OCH3 is 1. The van der Waals surface area contributed by atoms with Gasteiger partial charge in [0.1, 0.15) is 11.6 Å². The van der Waals surface area contributed by atoms with E-state index in [2.05, 4.69) is 20.2 Å². The fraction of sp³-hybridized carbons (Fsp3) is 0.421. The fourth-order valence-electron chi connectivity index (χ4n) is 3.17. The molecule has 1 aliphatic rings. The molecule has 0 saturated carbocycles.